The molecule has 0 radical (unpaired) electrons. The maximum Gasteiger partial charge on any atom is 0.262 e. The number of ether oxygens (including phenoxy) is 3. The molecule has 2 amide bonds. The fourth-order valence-corrected chi connectivity index (χ4v) is 5.66. The molecule has 1 fully saturated rings. The van der Waals surface area contributed by atoms with Gasteiger partial charge >= 0.3 is 0 Å². The number of piperidine rings is 1. The Morgan fingerprint density at radius 1 is 1.03 bits per heavy atom. The zero-order valence-electron chi connectivity index (χ0n) is 17.7. The lowest BCUT2D eigenvalue weighted by Gasteiger charge is -2.31. The van der Waals surface area contributed by atoms with E-state index in [0.29, 0.717) is 61.2 Å². The van der Waals surface area contributed by atoms with Crippen LogP contribution < -0.4 is 24.8 Å². The number of hydrogen-bond acceptors (Lipinski definition) is 7. The van der Waals surface area contributed by atoms with Crippen LogP contribution in [0.5, 0.6) is 17.2 Å². The Balaban J connectivity index is 1.29. The van der Waals surface area contributed by atoms with Crippen molar-refractivity contribution in [1.29, 1.82) is 0 Å². The van der Waals surface area contributed by atoms with E-state index in [9.17, 15) is 18.0 Å². The summed E-state index contributed by atoms with van der Waals surface area (Å²) in [5.74, 6) is 0.519. The number of carbonyl (C=O) groups excluding carboxylic acids is 2. The van der Waals surface area contributed by atoms with Crippen LogP contribution in [0.4, 0.5) is 11.4 Å². The van der Waals surface area contributed by atoms with Crippen molar-refractivity contribution >= 4 is 33.2 Å². The van der Waals surface area contributed by atoms with Gasteiger partial charge in [0.05, 0.1) is 16.5 Å². The third kappa shape index (κ3) is 4.33. The lowest BCUT2D eigenvalue weighted by molar-refractivity contribution is -0.121. The highest BCUT2D eigenvalue weighted by Crippen LogP contribution is 2.34. The molecule has 11 heteroatoms. The number of amides is 2. The molecule has 2 N–H and O–H groups in total. The zero-order chi connectivity index (χ0) is 23.0. The molecule has 0 saturated carbocycles. The summed E-state index contributed by atoms with van der Waals surface area (Å²) >= 11 is 0. The molecule has 33 heavy (non-hydrogen) atoms. The Kier molecular flexibility index (Phi) is 5.59. The third-order valence-corrected chi connectivity index (χ3v) is 7.65. The van der Waals surface area contributed by atoms with Crippen molar-refractivity contribution in [3.8, 4) is 17.2 Å². The molecular formula is C22H23N3O7S. The van der Waals surface area contributed by atoms with Gasteiger partial charge in [0.2, 0.25) is 15.9 Å². The quantitative estimate of drug-likeness (QED) is 0.694. The number of carbonyl (C=O) groups is 2. The summed E-state index contributed by atoms with van der Waals surface area (Å²) in [7, 11) is -3.85. The Labute approximate surface area is 190 Å². The van der Waals surface area contributed by atoms with E-state index in [-0.39, 0.29) is 29.9 Å². The highest BCUT2D eigenvalue weighted by molar-refractivity contribution is 7.89. The molecule has 2 aromatic rings. The average molecular weight is 474 g/mol. The maximum absolute atomic E-state index is 13.3. The molecule has 10 nitrogen and oxygen atoms in total. The highest BCUT2D eigenvalue weighted by Gasteiger charge is 2.34. The van der Waals surface area contributed by atoms with Crippen LogP contribution in [0, 0.1) is 5.92 Å². The van der Waals surface area contributed by atoms with Gasteiger partial charge in [0, 0.05) is 24.8 Å². The second-order valence-electron chi connectivity index (χ2n) is 8.04. The predicted octanol–water partition coefficient (Wildman–Crippen LogP) is 1.83. The first-order valence-electron chi connectivity index (χ1n) is 10.7. The van der Waals surface area contributed by atoms with Crippen molar-refractivity contribution in [2.75, 3.05) is 43.5 Å². The molecule has 0 aliphatic carbocycles. The molecule has 0 bridgehead atoms. The third-order valence-electron chi connectivity index (χ3n) is 5.79. The standard InChI is InChI=1S/C22H23N3O7S/c26-21-13-32-18-6-4-16(11-17(18)24-21)33(28,29)25-7-1-2-14(12-25)22(27)23-15-3-5-19-20(10-15)31-9-8-30-19/h3-6,10-11,14H,1-2,7-9,12-13H2,(H,23,27)(H,24,26)/t14-/m1/s1. The Hall–Kier alpha value is -3.31. The van der Waals surface area contributed by atoms with Crippen LogP contribution in [0.25, 0.3) is 0 Å². The van der Waals surface area contributed by atoms with Crippen LogP contribution in [-0.2, 0) is 19.6 Å². The molecule has 0 spiro atoms. The summed E-state index contributed by atoms with van der Waals surface area (Å²) in [5.41, 5.74) is 0.881. The number of rotatable bonds is 4. The number of anilines is 2. The first kappa shape index (κ1) is 21.5. The minimum absolute atomic E-state index is 0.0416. The van der Waals surface area contributed by atoms with Gasteiger partial charge in [-0.05, 0) is 43.2 Å². The van der Waals surface area contributed by atoms with Gasteiger partial charge in [0.1, 0.15) is 19.0 Å². The van der Waals surface area contributed by atoms with Crippen molar-refractivity contribution in [1.82, 2.24) is 4.31 Å². The van der Waals surface area contributed by atoms with Crippen LogP contribution in [0.2, 0.25) is 0 Å². The fourth-order valence-electron chi connectivity index (χ4n) is 4.11. The van der Waals surface area contributed by atoms with Gasteiger partial charge in [-0.3, -0.25) is 9.59 Å². The van der Waals surface area contributed by atoms with Crippen molar-refractivity contribution in [3.63, 3.8) is 0 Å². The minimum atomic E-state index is -3.85. The average Bonchev–Trinajstić information content (AvgIpc) is 2.83. The first-order chi connectivity index (χ1) is 15.9. The highest BCUT2D eigenvalue weighted by atomic mass is 32.2. The molecule has 1 saturated heterocycles. The molecule has 3 heterocycles. The molecule has 5 rings (SSSR count). The smallest absolute Gasteiger partial charge is 0.262 e. The largest absolute Gasteiger partial charge is 0.486 e. The number of fused-ring (bicyclic) bond motifs is 2. The van der Waals surface area contributed by atoms with Gasteiger partial charge in [-0.25, -0.2) is 8.42 Å². The van der Waals surface area contributed by atoms with Gasteiger partial charge < -0.3 is 24.8 Å². The van der Waals surface area contributed by atoms with E-state index < -0.39 is 15.9 Å². The van der Waals surface area contributed by atoms with Crippen LogP contribution in [-0.4, -0.2) is 57.4 Å². The van der Waals surface area contributed by atoms with E-state index in [1.807, 2.05) is 0 Å². The first-order valence-corrected chi connectivity index (χ1v) is 12.1. The summed E-state index contributed by atoms with van der Waals surface area (Å²) in [6.45, 7) is 1.20. The van der Waals surface area contributed by atoms with Gasteiger partial charge in [-0.2, -0.15) is 4.31 Å². The van der Waals surface area contributed by atoms with Crippen LogP contribution in [0.15, 0.2) is 41.3 Å². The summed E-state index contributed by atoms with van der Waals surface area (Å²) in [6.07, 6.45) is 1.14. The number of benzene rings is 2. The number of sulfonamides is 1. The SMILES string of the molecule is O=C1COc2ccc(S(=O)(=O)N3CCC[C@@H](C(=O)Nc4ccc5c(c4)OCCO5)C3)cc2N1. The zero-order valence-corrected chi connectivity index (χ0v) is 18.5. The summed E-state index contributed by atoms with van der Waals surface area (Å²) < 4.78 is 44.2. The number of nitrogens with zero attached hydrogens (tertiary/aromatic N) is 1. The molecule has 174 valence electrons. The van der Waals surface area contributed by atoms with Gasteiger partial charge in [-0.15, -0.1) is 0 Å². The minimum Gasteiger partial charge on any atom is -0.486 e. The van der Waals surface area contributed by atoms with Crippen molar-refractivity contribution < 1.29 is 32.2 Å². The molecule has 1 atom stereocenters. The summed E-state index contributed by atoms with van der Waals surface area (Å²) in [6, 6.07) is 9.53. The molecule has 0 aromatic heterocycles. The number of hydrogen-bond donors (Lipinski definition) is 2. The van der Waals surface area contributed by atoms with Crippen LogP contribution >= 0.6 is 0 Å². The van der Waals surface area contributed by atoms with E-state index in [0.717, 1.165) is 0 Å². The van der Waals surface area contributed by atoms with Crippen molar-refractivity contribution in [3.05, 3.63) is 36.4 Å². The normalized spacial score (nSPS) is 20.2. The predicted molar refractivity (Wildman–Crippen MR) is 118 cm³/mol. The van der Waals surface area contributed by atoms with Crippen molar-refractivity contribution in [2.24, 2.45) is 5.92 Å². The molecule has 2 aromatic carbocycles. The second-order valence-corrected chi connectivity index (χ2v) is 9.98. The van der Waals surface area contributed by atoms with Gasteiger partial charge in [-0.1, -0.05) is 0 Å². The van der Waals surface area contributed by atoms with Gasteiger partial charge in [0.15, 0.2) is 18.1 Å². The molecule has 0 unspecified atom stereocenters. The molecule has 3 aliphatic rings. The van der Waals surface area contributed by atoms with E-state index in [1.54, 1.807) is 18.2 Å². The Bertz CT molecular complexity index is 1210. The van der Waals surface area contributed by atoms with E-state index in [1.165, 1.54) is 22.5 Å². The van der Waals surface area contributed by atoms with Gasteiger partial charge in [0.25, 0.3) is 5.91 Å². The second kappa shape index (κ2) is 8.56. The topological polar surface area (TPSA) is 123 Å². The van der Waals surface area contributed by atoms with Crippen LogP contribution in [0.1, 0.15) is 12.8 Å². The van der Waals surface area contributed by atoms with E-state index in [2.05, 4.69) is 10.6 Å². The summed E-state index contributed by atoms with van der Waals surface area (Å²) in [4.78, 5) is 24.5. The van der Waals surface area contributed by atoms with Crippen molar-refractivity contribution in [2.45, 2.75) is 17.7 Å². The maximum atomic E-state index is 13.3. The lowest BCUT2D eigenvalue weighted by Crippen LogP contribution is -2.43. The summed E-state index contributed by atoms with van der Waals surface area (Å²) in [5, 5.41) is 5.48. The van der Waals surface area contributed by atoms with Crippen LogP contribution in [0.3, 0.4) is 0 Å². The van der Waals surface area contributed by atoms with E-state index in [4.69, 9.17) is 14.2 Å². The Morgan fingerprint density at radius 3 is 2.67 bits per heavy atom. The lowest BCUT2D eigenvalue weighted by atomic mass is 9.98. The Morgan fingerprint density at radius 2 is 1.82 bits per heavy atom. The van der Waals surface area contributed by atoms with E-state index >= 15 is 0 Å². The fraction of sp³-hybridized carbons (Fsp3) is 0.364. The molecule has 3 aliphatic heterocycles. The molecular weight excluding hydrogens is 450 g/mol. The number of nitrogens with one attached hydrogen (secondary N) is 2. The monoisotopic (exact) mass is 473 g/mol.